The first-order chi connectivity index (χ1) is 25.0. The zero-order chi connectivity index (χ0) is 38.5. The van der Waals surface area contributed by atoms with Gasteiger partial charge in [-0.25, -0.2) is 18.0 Å². The molecule has 6 rings (SSSR count). The molecule has 4 amide bonds. The number of benzene rings is 2. The Labute approximate surface area is 310 Å². The van der Waals surface area contributed by atoms with Crippen LogP contribution in [-0.2, 0) is 48.7 Å². The Kier molecular flexibility index (Phi) is 10.3. The third-order valence-electron chi connectivity index (χ3n) is 10.9. The minimum atomic E-state index is -3.88. The van der Waals surface area contributed by atoms with Gasteiger partial charge in [0.15, 0.2) is 0 Å². The van der Waals surface area contributed by atoms with E-state index in [1.165, 1.54) is 17.0 Å². The quantitative estimate of drug-likeness (QED) is 0.248. The highest BCUT2D eigenvalue weighted by molar-refractivity contribution is 7.91. The molecule has 2 aliphatic heterocycles. The van der Waals surface area contributed by atoms with Gasteiger partial charge in [-0.1, -0.05) is 59.2 Å². The van der Waals surface area contributed by atoms with Crippen molar-refractivity contribution >= 4 is 45.5 Å². The van der Waals surface area contributed by atoms with Gasteiger partial charge in [0.2, 0.25) is 21.8 Å². The van der Waals surface area contributed by atoms with Crippen molar-refractivity contribution in [2.24, 2.45) is 11.3 Å². The van der Waals surface area contributed by atoms with E-state index in [-0.39, 0.29) is 30.9 Å². The minimum absolute atomic E-state index is 0.0383. The number of ether oxygens (including phenoxy) is 1. The van der Waals surface area contributed by atoms with Gasteiger partial charge in [-0.05, 0) is 78.0 Å². The maximum atomic E-state index is 14.6. The van der Waals surface area contributed by atoms with Crippen LogP contribution in [0.5, 0.6) is 0 Å². The van der Waals surface area contributed by atoms with E-state index < -0.39 is 74.2 Å². The number of anilines is 1. The maximum Gasteiger partial charge on any atom is 0.410 e. The Morgan fingerprint density at radius 3 is 2.30 bits per heavy atom. The van der Waals surface area contributed by atoms with E-state index in [4.69, 9.17) is 4.74 Å². The standard InChI is InChI=1S/C38H49N5O9S/c1-6-22-9-8-10-24-19-42(21-29(22)24)36(49)52-27-17-30(32(44)40-38(18-25(38)7-2)35(48)41-53(50,51)28-15-16-28)43(20-27)33(45)31(37(3,4)5)39-26-13-11-23(12-14-26)34(46)47/h8-14,25,27-28,30-31,39H,6-7,15-21H2,1-5H3,(H,40,44)(H,41,48)(H,46,47). The van der Waals surface area contributed by atoms with Crippen molar-refractivity contribution in [3.8, 4) is 0 Å². The number of hydrogen-bond acceptors (Lipinski definition) is 9. The number of carboxylic acids is 1. The maximum absolute atomic E-state index is 14.6. The van der Waals surface area contributed by atoms with Gasteiger partial charge in [-0.3, -0.25) is 24.0 Å². The zero-order valence-corrected chi connectivity index (χ0v) is 31.6. The molecule has 14 nitrogen and oxygen atoms in total. The van der Waals surface area contributed by atoms with E-state index in [9.17, 15) is 37.5 Å². The number of rotatable bonds is 12. The summed E-state index contributed by atoms with van der Waals surface area (Å²) < 4.78 is 33.6. The number of aromatic carboxylic acids is 1. The van der Waals surface area contributed by atoms with Crippen LogP contribution in [0, 0.1) is 11.3 Å². The van der Waals surface area contributed by atoms with E-state index >= 15 is 0 Å². The Bertz CT molecular complexity index is 1910. The lowest BCUT2D eigenvalue weighted by molar-refractivity contribution is -0.141. The summed E-state index contributed by atoms with van der Waals surface area (Å²) >= 11 is 0. The summed E-state index contributed by atoms with van der Waals surface area (Å²) in [4.78, 5) is 70.3. The van der Waals surface area contributed by atoms with Crippen molar-refractivity contribution < 1.29 is 42.2 Å². The first-order valence-corrected chi connectivity index (χ1v) is 19.9. The van der Waals surface area contributed by atoms with Crippen LogP contribution in [0.2, 0.25) is 0 Å². The second-order valence-corrected chi connectivity index (χ2v) is 17.7. The number of nitrogens with zero attached hydrogens (tertiary/aromatic N) is 2. The fraction of sp³-hybridized carbons (Fsp3) is 0.553. The van der Waals surface area contributed by atoms with Gasteiger partial charge in [-0.15, -0.1) is 0 Å². The zero-order valence-electron chi connectivity index (χ0n) is 30.8. The first kappa shape index (κ1) is 38.1. The Balaban J connectivity index is 1.24. The number of carbonyl (C=O) groups excluding carboxylic acids is 4. The molecule has 2 heterocycles. The number of hydrogen-bond donors (Lipinski definition) is 4. The summed E-state index contributed by atoms with van der Waals surface area (Å²) in [6.07, 6.45) is 1.05. The fourth-order valence-electron chi connectivity index (χ4n) is 7.53. The molecule has 2 aromatic carbocycles. The van der Waals surface area contributed by atoms with E-state index in [1.54, 1.807) is 17.0 Å². The summed E-state index contributed by atoms with van der Waals surface area (Å²) in [6, 6.07) is 9.89. The largest absolute Gasteiger partial charge is 0.478 e. The van der Waals surface area contributed by atoms with Gasteiger partial charge in [-0.2, -0.15) is 0 Å². The Morgan fingerprint density at radius 2 is 1.72 bits per heavy atom. The van der Waals surface area contributed by atoms with Crippen LogP contribution in [0.3, 0.4) is 0 Å². The molecule has 15 heteroatoms. The molecular weight excluding hydrogens is 703 g/mol. The van der Waals surface area contributed by atoms with Gasteiger partial charge in [0.05, 0.1) is 17.4 Å². The molecule has 2 saturated carbocycles. The second-order valence-electron chi connectivity index (χ2n) is 15.8. The predicted molar refractivity (Wildman–Crippen MR) is 195 cm³/mol. The lowest BCUT2D eigenvalue weighted by Gasteiger charge is -2.36. The van der Waals surface area contributed by atoms with Gasteiger partial charge >= 0.3 is 12.1 Å². The van der Waals surface area contributed by atoms with Crippen molar-refractivity contribution in [1.82, 2.24) is 19.8 Å². The highest BCUT2D eigenvalue weighted by Gasteiger charge is 2.62. The summed E-state index contributed by atoms with van der Waals surface area (Å²) in [5.41, 5.74) is 1.68. The van der Waals surface area contributed by atoms with Gasteiger partial charge < -0.3 is 25.4 Å². The third kappa shape index (κ3) is 7.85. The molecule has 0 aromatic heterocycles. The number of nitrogens with one attached hydrogen (secondary N) is 3. The van der Waals surface area contributed by atoms with E-state index in [0.717, 1.165) is 23.1 Å². The molecule has 5 unspecified atom stereocenters. The van der Waals surface area contributed by atoms with Crippen LogP contribution in [0.4, 0.5) is 10.5 Å². The highest BCUT2D eigenvalue weighted by Crippen LogP contribution is 2.47. The van der Waals surface area contributed by atoms with Crippen molar-refractivity contribution in [2.75, 3.05) is 11.9 Å². The SMILES string of the molecule is CCc1cccc2c1CN(C(=O)OC1CC(C(=O)NC3(C(=O)NS(=O)(=O)C4CC4)CC3CC)N(C(=O)C(Nc3ccc(C(=O)O)cc3)C(C)(C)C)C1)C2. The first-order valence-electron chi connectivity index (χ1n) is 18.3. The number of aryl methyl sites for hydroxylation is 1. The van der Waals surface area contributed by atoms with Gasteiger partial charge in [0.1, 0.15) is 23.7 Å². The van der Waals surface area contributed by atoms with Crippen molar-refractivity contribution in [2.45, 2.75) is 115 Å². The van der Waals surface area contributed by atoms with E-state index in [0.29, 0.717) is 38.0 Å². The van der Waals surface area contributed by atoms with E-state index in [2.05, 4.69) is 22.3 Å². The van der Waals surface area contributed by atoms with Crippen LogP contribution in [0.25, 0.3) is 0 Å². The van der Waals surface area contributed by atoms with Crippen LogP contribution in [-0.4, -0.2) is 88.6 Å². The van der Waals surface area contributed by atoms with Gasteiger partial charge in [0, 0.05) is 25.2 Å². The Morgan fingerprint density at radius 1 is 1.02 bits per heavy atom. The molecule has 2 aromatic rings. The van der Waals surface area contributed by atoms with Gasteiger partial charge in [0.25, 0.3) is 5.91 Å². The number of likely N-dealkylation sites (tertiary alicyclic amines) is 1. The van der Waals surface area contributed by atoms with Crippen LogP contribution in [0.15, 0.2) is 42.5 Å². The molecule has 4 aliphatic rings. The fourth-order valence-corrected chi connectivity index (χ4v) is 8.89. The number of amides is 4. The molecule has 3 fully saturated rings. The topological polar surface area (TPSA) is 192 Å². The number of fused-ring (bicyclic) bond motifs is 1. The summed E-state index contributed by atoms with van der Waals surface area (Å²) in [6.45, 7) is 10.1. The molecule has 5 atom stereocenters. The molecule has 0 spiro atoms. The smallest absolute Gasteiger partial charge is 0.410 e. The molecule has 0 bridgehead atoms. The third-order valence-corrected chi connectivity index (χ3v) is 12.8. The van der Waals surface area contributed by atoms with E-state index in [1.807, 2.05) is 45.9 Å². The van der Waals surface area contributed by atoms with Crippen molar-refractivity contribution in [3.63, 3.8) is 0 Å². The molecule has 4 N–H and O–H groups in total. The second kappa shape index (κ2) is 14.3. The summed E-state index contributed by atoms with van der Waals surface area (Å²) in [7, 11) is -3.88. The number of sulfonamides is 1. The minimum Gasteiger partial charge on any atom is -0.478 e. The lowest BCUT2D eigenvalue weighted by atomic mass is 9.85. The summed E-state index contributed by atoms with van der Waals surface area (Å²) in [5, 5.41) is 14.8. The normalized spacial score (nSPS) is 24.2. The monoisotopic (exact) mass is 751 g/mol. The lowest BCUT2D eigenvalue weighted by Crippen LogP contribution is -2.58. The molecule has 2 aliphatic carbocycles. The molecule has 1 saturated heterocycles. The van der Waals surface area contributed by atoms with Crippen LogP contribution in [0.1, 0.15) is 93.8 Å². The van der Waals surface area contributed by atoms with Crippen molar-refractivity contribution in [3.05, 3.63) is 64.7 Å². The number of carbonyl (C=O) groups is 5. The highest BCUT2D eigenvalue weighted by atomic mass is 32.2. The number of carboxylic acid groups (broad SMARTS) is 1. The molecule has 0 radical (unpaired) electrons. The van der Waals surface area contributed by atoms with Crippen LogP contribution < -0.4 is 15.4 Å². The van der Waals surface area contributed by atoms with Crippen molar-refractivity contribution in [1.29, 1.82) is 0 Å². The summed E-state index contributed by atoms with van der Waals surface area (Å²) in [5.74, 6) is -3.29. The average molecular weight is 752 g/mol. The Hall–Kier alpha value is -4.66. The van der Waals surface area contributed by atoms with Crippen LogP contribution >= 0.6 is 0 Å². The molecule has 53 heavy (non-hydrogen) atoms. The molecule has 286 valence electrons. The average Bonchev–Trinajstić information content (AvgIpc) is 4.00. The predicted octanol–water partition coefficient (Wildman–Crippen LogP) is 3.79. The molecular formula is C38H49N5O9S.